The summed E-state index contributed by atoms with van der Waals surface area (Å²) in [5, 5.41) is 0. The Morgan fingerprint density at radius 1 is 1.12 bits per heavy atom. The fourth-order valence-electron chi connectivity index (χ4n) is 2.49. The number of hydrogen-bond donors (Lipinski definition) is 1. The van der Waals surface area contributed by atoms with Crippen LogP contribution in [0.2, 0.25) is 0 Å². The van der Waals surface area contributed by atoms with Gasteiger partial charge in [0, 0.05) is 11.6 Å². The van der Waals surface area contributed by atoms with E-state index in [-0.39, 0.29) is 24.3 Å². The summed E-state index contributed by atoms with van der Waals surface area (Å²) in [6.07, 6.45) is 6.09. The van der Waals surface area contributed by atoms with Gasteiger partial charge in [-0.3, -0.25) is 0 Å². The van der Waals surface area contributed by atoms with E-state index in [1.54, 1.807) is 6.07 Å². The largest absolute Gasteiger partial charge is 0.324 e. The fourth-order valence-corrected chi connectivity index (χ4v) is 2.49. The van der Waals surface area contributed by atoms with Gasteiger partial charge in [-0.2, -0.15) is 0 Å². The van der Waals surface area contributed by atoms with Crippen LogP contribution in [0.4, 0.5) is 4.39 Å². The predicted molar refractivity (Wildman–Crippen MR) is 67.2 cm³/mol. The Kier molecular flexibility index (Phi) is 5.23. The van der Waals surface area contributed by atoms with Crippen molar-refractivity contribution in [3.8, 4) is 0 Å². The summed E-state index contributed by atoms with van der Waals surface area (Å²) in [6, 6.07) is 6.77. The van der Waals surface area contributed by atoms with Crippen LogP contribution in [0.25, 0.3) is 0 Å². The normalized spacial score (nSPS) is 18.9. The molecule has 1 aromatic rings. The lowest BCUT2D eigenvalue weighted by molar-refractivity contribution is 0.303. The molecule has 0 radical (unpaired) electrons. The molecule has 0 aliphatic heterocycles. The van der Waals surface area contributed by atoms with E-state index in [0.29, 0.717) is 11.5 Å². The van der Waals surface area contributed by atoms with Gasteiger partial charge < -0.3 is 5.73 Å². The third-order valence-corrected chi connectivity index (χ3v) is 3.42. The Bertz CT molecular complexity index is 323. The van der Waals surface area contributed by atoms with Gasteiger partial charge in [-0.05, 0) is 24.8 Å². The first-order chi connectivity index (χ1) is 7.29. The minimum Gasteiger partial charge on any atom is -0.324 e. The maximum atomic E-state index is 13.5. The summed E-state index contributed by atoms with van der Waals surface area (Å²) in [6.45, 7) is 0. The van der Waals surface area contributed by atoms with Crippen molar-refractivity contribution >= 4 is 12.4 Å². The van der Waals surface area contributed by atoms with Crippen molar-refractivity contribution in [2.24, 2.45) is 11.7 Å². The average molecular weight is 244 g/mol. The molecular formula is C13H19ClFN. The number of benzene rings is 1. The van der Waals surface area contributed by atoms with E-state index in [0.717, 1.165) is 12.8 Å². The van der Waals surface area contributed by atoms with E-state index in [9.17, 15) is 4.39 Å². The molecule has 16 heavy (non-hydrogen) atoms. The van der Waals surface area contributed by atoms with E-state index in [1.165, 1.54) is 25.3 Å². The van der Waals surface area contributed by atoms with Crippen LogP contribution in [-0.4, -0.2) is 0 Å². The Morgan fingerprint density at radius 2 is 1.75 bits per heavy atom. The van der Waals surface area contributed by atoms with E-state index in [4.69, 9.17) is 5.73 Å². The Labute approximate surface area is 103 Å². The summed E-state index contributed by atoms with van der Waals surface area (Å²) in [7, 11) is 0. The molecule has 3 heteroatoms. The molecule has 0 unspecified atom stereocenters. The van der Waals surface area contributed by atoms with E-state index >= 15 is 0 Å². The minimum absolute atomic E-state index is 0. The van der Waals surface area contributed by atoms with Crippen LogP contribution in [0.3, 0.4) is 0 Å². The van der Waals surface area contributed by atoms with Crippen molar-refractivity contribution < 1.29 is 4.39 Å². The number of hydrogen-bond acceptors (Lipinski definition) is 1. The zero-order valence-corrected chi connectivity index (χ0v) is 10.2. The molecule has 2 N–H and O–H groups in total. The van der Waals surface area contributed by atoms with Crippen molar-refractivity contribution in [1.29, 1.82) is 0 Å². The first-order valence-corrected chi connectivity index (χ1v) is 5.79. The molecule has 1 aliphatic carbocycles. The highest BCUT2D eigenvalue weighted by Gasteiger charge is 2.23. The number of nitrogens with two attached hydrogens (primary N) is 1. The quantitative estimate of drug-likeness (QED) is 0.840. The van der Waals surface area contributed by atoms with Gasteiger partial charge in [0.2, 0.25) is 0 Å². The van der Waals surface area contributed by atoms with Crippen molar-refractivity contribution in [2.45, 2.75) is 38.1 Å². The highest BCUT2D eigenvalue weighted by Crippen LogP contribution is 2.33. The molecular weight excluding hydrogens is 225 g/mol. The highest BCUT2D eigenvalue weighted by molar-refractivity contribution is 5.85. The lowest BCUT2D eigenvalue weighted by Crippen LogP contribution is -2.24. The molecule has 1 atom stereocenters. The standard InChI is InChI=1S/C13H18FN.ClH/c14-12-9-5-4-8-11(12)13(15)10-6-2-1-3-7-10;/h4-5,8-10,13H,1-3,6-7,15H2;1H/t13-;/m0./s1. The molecule has 1 aromatic carbocycles. The maximum Gasteiger partial charge on any atom is 0.127 e. The monoisotopic (exact) mass is 243 g/mol. The Hall–Kier alpha value is -0.600. The molecule has 2 rings (SSSR count). The van der Waals surface area contributed by atoms with Crippen molar-refractivity contribution in [3.63, 3.8) is 0 Å². The SMILES string of the molecule is Cl.N[C@H](c1ccccc1F)C1CCCCC1. The lowest BCUT2D eigenvalue weighted by Gasteiger charge is -2.27. The molecule has 1 fully saturated rings. The first-order valence-electron chi connectivity index (χ1n) is 5.79. The van der Waals surface area contributed by atoms with Gasteiger partial charge in [0.05, 0.1) is 0 Å². The smallest absolute Gasteiger partial charge is 0.127 e. The van der Waals surface area contributed by atoms with Crippen molar-refractivity contribution in [1.82, 2.24) is 0 Å². The summed E-state index contributed by atoms with van der Waals surface area (Å²) in [5.74, 6) is 0.311. The molecule has 0 saturated heterocycles. The molecule has 0 heterocycles. The summed E-state index contributed by atoms with van der Waals surface area (Å²) in [5.41, 5.74) is 6.82. The van der Waals surface area contributed by atoms with Gasteiger partial charge in [-0.15, -0.1) is 12.4 Å². The van der Waals surface area contributed by atoms with Crippen LogP contribution in [0.5, 0.6) is 0 Å². The summed E-state index contributed by atoms with van der Waals surface area (Å²) >= 11 is 0. The van der Waals surface area contributed by atoms with Crippen molar-refractivity contribution in [2.75, 3.05) is 0 Å². The molecule has 1 aliphatic rings. The average Bonchev–Trinajstić information content (AvgIpc) is 2.30. The fraction of sp³-hybridized carbons (Fsp3) is 0.538. The maximum absolute atomic E-state index is 13.5. The number of halogens is 2. The van der Waals surface area contributed by atoms with Gasteiger partial charge in [0.15, 0.2) is 0 Å². The second kappa shape index (κ2) is 6.21. The van der Waals surface area contributed by atoms with Crippen molar-refractivity contribution in [3.05, 3.63) is 35.6 Å². The Morgan fingerprint density at radius 3 is 2.38 bits per heavy atom. The highest BCUT2D eigenvalue weighted by atomic mass is 35.5. The zero-order valence-electron chi connectivity index (χ0n) is 9.36. The van der Waals surface area contributed by atoms with Crippen LogP contribution in [0.1, 0.15) is 43.7 Å². The van der Waals surface area contributed by atoms with Gasteiger partial charge in [0.1, 0.15) is 5.82 Å². The van der Waals surface area contributed by atoms with E-state index in [1.807, 2.05) is 12.1 Å². The van der Waals surface area contributed by atoms with Gasteiger partial charge in [-0.1, -0.05) is 37.5 Å². The van der Waals surface area contributed by atoms with Gasteiger partial charge in [-0.25, -0.2) is 4.39 Å². The lowest BCUT2D eigenvalue weighted by atomic mass is 9.81. The summed E-state index contributed by atoms with van der Waals surface area (Å²) < 4.78 is 13.5. The zero-order chi connectivity index (χ0) is 10.7. The molecule has 1 nitrogen and oxygen atoms in total. The minimum atomic E-state index is -0.157. The van der Waals surface area contributed by atoms with Gasteiger partial charge in [0.25, 0.3) is 0 Å². The van der Waals surface area contributed by atoms with Crippen LogP contribution in [0.15, 0.2) is 24.3 Å². The van der Waals surface area contributed by atoms with Crippen LogP contribution in [-0.2, 0) is 0 Å². The van der Waals surface area contributed by atoms with Gasteiger partial charge >= 0.3 is 0 Å². The molecule has 0 aromatic heterocycles. The third kappa shape index (κ3) is 2.96. The molecule has 1 saturated carbocycles. The molecule has 0 amide bonds. The Balaban J connectivity index is 0.00000128. The molecule has 90 valence electrons. The predicted octanol–water partition coefficient (Wildman–Crippen LogP) is 3.83. The third-order valence-electron chi connectivity index (χ3n) is 3.42. The van der Waals surface area contributed by atoms with Crippen LogP contribution >= 0.6 is 12.4 Å². The van der Waals surface area contributed by atoms with Crippen LogP contribution in [0, 0.1) is 11.7 Å². The van der Waals surface area contributed by atoms with E-state index < -0.39 is 0 Å². The second-order valence-corrected chi connectivity index (χ2v) is 4.45. The second-order valence-electron chi connectivity index (χ2n) is 4.45. The molecule has 0 bridgehead atoms. The van der Waals surface area contributed by atoms with E-state index in [2.05, 4.69) is 0 Å². The number of rotatable bonds is 2. The first kappa shape index (κ1) is 13.5. The van der Waals surface area contributed by atoms with Crippen LogP contribution < -0.4 is 5.73 Å². The molecule has 0 spiro atoms. The summed E-state index contributed by atoms with van der Waals surface area (Å²) in [4.78, 5) is 0. The topological polar surface area (TPSA) is 26.0 Å².